The van der Waals surface area contributed by atoms with Crippen LogP contribution in [-0.2, 0) is 14.3 Å². The van der Waals surface area contributed by atoms with Gasteiger partial charge in [-0.3, -0.25) is 8.89 Å². The van der Waals surface area contributed by atoms with Crippen molar-refractivity contribution in [2.45, 2.75) is 19.8 Å². The van der Waals surface area contributed by atoms with Gasteiger partial charge in [0.2, 0.25) is 0 Å². The first-order chi connectivity index (χ1) is 5.12. The summed E-state index contributed by atoms with van der Waals surface area (Å²) in [4.78, 5) is 0. The summed E-state index contributed by atoms with van der Waals surface area (Å²) in [5, 5.41) is 0. The SMILES string of the molecule is C=CCOS(=O)(=O)CCCC.F. The fourth-order valence-electron chi connectivity index (χ4n) is 0.532. The molecule has 0 heterocycles. The van der Waals surface area contributed by atoms with Gasteiger partial charge >= 0.3 is 0 Å². The Labute approximate surface area is 72.9 Å². The number of hydrogen-bond donors (Lipinski definition) is 0. The molecule has 0 aromatic rings. The highest BCUT2D eigenvalue weighted by atomic mass is 32.2. The zero-order valence-corrected chi connectivity index (χ0v) is 7.97. The summed E-state index contributed by atoms with van der Waals surface area (Å²) in [7, 11) is -3.28. The average molecular weight is 198 g/mol. The molecule has 0 aromatic carbocycles. The second-order valence-corrected chi connectivity index (χ2v) is 3.95. The lowest BCUT2D eigenvalue weighted by atomic mass is 10.4. The van der Waals surface area contributed by atoms with E-state index in [1.165, 1.54) is 6.08 Å². The fraction of sp³-hybridized carbons (Fsp3) is 0.714. The van der Waals surface area contributed by atoms with E-state index in [1.54, 1.807) is 0 Å². The van der Waals surface area contributed by atoms with Gasteiger partial charge in [0, 0.05) is 0 Å². The van der Waals surface area contributed by atoms with Crippen molar-refractivity contribution in [1.29, 1.82) is 0 Å². The first-order valence-electron chi connectivity index (χ1n) is 3.60. The number of hydrogen-bond acceptors (Lipinski definition) is 3. The van der Waals surface area contributed by atoms with Gasteiger partial charge in [0.05, 0.1) is 12.4 Å². The van der Waals surface area contributed by atoms with Crippen molar-refractivity contribution in [2.24, 2.45) is 0 Å². The number of rotatable bonds is 6. The molecule has 0 saturated carbocycles. The van der Waals surface area contributed by atoms with Crippen molar-refractivity contribution in [3.05, 3.63) is 12.7 Å². The van der Waals surface area contributed by atoms with Crippen LogP contribution in [0.25, 0.3) is 0 Å². The first kappa shape index (κ1) is 14.1. The maximum absolute atomic E-state index is 10.9. The van der Waals surface area contributed by atoms with Crippen LogP contribution in [0.1, 0.15) is 19.8 Å². The molecule has 0 aliphatic rings. The second-order valence-electron chi connectivity index (χ2n) is 2.19. The van der Waals surface area contributed by atoms with Crippen LogP contribution in [0.3, 0.4) is 0 Å². The fourth-order valence-corrected chi connectivity index (χ4v) is 1.60. The van der Waals surface area contributed by atoms with E-state index in [4.69, 9.17) is 0 Å². The normalized spacial score (nSPS) is 10.4. The van der Waals surface area contributed by atoms with Crippen LogP contribution in [0.5, 0.6) is 0 Å². The van der Waals surface area contributed by atoms with Crippen LogP contribution in [0.2, 0.25) is 0 Å². The molecule has 74 valence electrons. The minimum absolute atomic E-state index is 0. The Morgan fingerprint density at radius 3 is 2.50 bits per heavy atom. The summed E-state index contributed by atoms with van der Waals surface area (Å²) in [6.45, 7) is 5.36. The molecular weight excluding hydrogens is 183 g/mol. The van der Waals surface area contributed by atoms with Crippen LogP contribution >= 0.6 is 0 Å². The molecule has 0 aliphatic carbocycles. The van der Waals surface area contributed by atoms with Crippen molar-refractivity contribution in [1.82, 2.24) is 0 Å². The minimum atomic E-state index is -3.28. The Morgan fingerprint density at radius 2 is 2.08 bits per heavy atom. The van der Waals surface area contributed by atoms with Crippen molar-refractivity contribution in [3.63, 3.8) is 0 Å². The smallest absolute Gasteiger partial charge is 0.267 e. The molecule has 3 nitrogen and oxygen atoms in total. The summed E-state index contributed by atoms with van der Waals surface area (Å²) in [6.07, 6.45) is 2.93. The van der Waals surface area contributed by atoms with E-state index in [-0.39, 0.29) is 17.1 Å². The lowest BCUT2D eigenvalue weighted by molar-refractivity contribution is 0.356. The van der Waals surface area contributed by atoms with Gasteiger partial charge in [-0.1, -0.05) is 19.4 Å². The van der Waals surface area contributed by atoms with E-state index in [0.29, 0.717) is 6.42 Å². The molecule has 0 atom stereocenters. The molecule has 0 spiro atoms. The van der Waals surface area contributed by atoms with Crippen molar-refractivity contribution in [2.75, 3.05) is 12.4 Å². The maximum atomic E-state index is 10.9. The largest absolute Gasteiger partial charge is 0.269 e. The van der Waals surface area contributed by atoms with Crippen LogP contribution in [-0.4, -0.2) is 20.8 Å². The average Bonchev–Trinajstić information content (AvgIpc) is 1.97. The number of unbranched alkanes of at least 4 members (excludes halogenated alkanes) is 1. The van der Waals surface area contributed by atoms with Gasteiger partial charge < -0.3 is 0 Å². The van der Waals surface area contributed by atoms with Crippen LogP contribution in [0, 0.1) is 0 Å². The van der Waals surface area contributed by atoms with E-state index in [9.17, 15) is 8.42 Å². The molecular formula is C7H15FO3S. The van der Waals surface area contributed by atoms with Crippen LogP contribution in [0.15, 0.2) is 12.7 Å². The summed E-state index contributed by atoms with van der Waals surface area (Å²) in [5.41, 5.74) is 0. The van der Waals surface area contributed by atoms with Gasteiger partial charge in [0.15, 0.2) is 0 Å². The Balaban J connectivity index is 0. The summed E-state index contributed by atoms with van der Waals surface area (Å²) in [5.74, 6) is 0.108. The molecule has 12 heavy (non-hydrogen) atoms. The second kappa shape index (κ2) is 7.24. The molecule has 0 bridgehead atoms. The Morgan fingerprint density at radius 1 is 1.50 bits per heavy atom. The van der Waals surface area contributed by atoms with E-state index < -0.39 is 10.1 Å². The van der Waals surface area contributed by atoms with Gasteiger partial charge in [-0.15, -0.1) is 6.58 Å². The predicted molar refractivity (Wildman–Crippen MR) is 47.3 cm³/mol. The van der Waals surface area contributed by atoms with Gasteiger partial charge in [-0.05, 0) is 6.42 Å². The predicted octanol–water partition coefficient (Wildman–Crippen LogP) is 1.47. The van der Waals surface area contributed by atoms with Crippen molar-refractivity contribution < 1.29 is 17.3 Å². The molecule has 0 fully saturated rings. The van der Waals surface area contributed by atoms with E-state index in [1.807, 2.05) is 6.92 Å². The first-order valence-corrected chi connectivity index (χ1v) is 5.18. The van der Waals surface area contributed by atoms with Gasteiger partial charge in [-0.2, -0.15) is 8.42 Å². The molecule has 0 aromatic heterocycles. The Bertz CT molecular complexity index is 199. The lowest BCUT2D eigenvalue weighted by Crippen LogP contribution is -2.10. The maximum Gasteiger partial charge on any atom is 0.267 e. The molecule has 0 saturated heterocycles. The van der Waals surface area contributed by atoms with E-state index >= 15 is 0 Å². The van der Waals surface area contributed by atoms with Crippen molar-refractivity contribution in [3.8, 4) is 0 Å². The summed E-state index contributed by atoms with van der Waals surface area (Å²) in [6, 6.07) is 0. The van der Waals surface area contributed by atoms with Crippen LogP contribution < -0.4 is 0 Å². The molecule has 5 heteroatoms. The molecule has 0 rings (SSSR count). The van der Waals surface area contributed by atoms with Crippen molar-refractivity contribution >= 4 is 10.1 Å². The Kier molecular flexibility index (Phi) is 8.52. The molecule has 0 aliphatic heterocycles. The monoisotopic (exact) mass is 198 g/mol. The summed E-state index contributed by atoms with van der Waals surface area (Å²) < 4.78 is 26.3. The third-order valence-electron chi connectivity index (χ3n) is 1.11. The van der Waals surface area contributed by atoms with Crippen LogP contribution in [0.4, 0.5) is 4.70 Å². The minimum Gasteiger partial charge on any atom is -0.269 e. The van der Waals surface area contributed by atoms with Gasteiger partial charge in [0.25, 0.3) is 10.1 Å². The summed E-state index contributed by atoms with van der Waals surface area (Å²) >= 11 is 0. The Hall–Kier alpha value is -0.420. The lowest BCUT2D eigenvalue weighted by Gasteiger charge is -2.00. The zero-order chi connectivity index (χ0) is 8.74. The molecule has 0 unspecified atom stereocenters. The quantitative estimate of drug-likeness (QED) is 0.479. The molecule has 0 radical (unpaired) electrons. The molecule has 0 amide bonds. The third kappa shape index (κ3) is 7.68. The highest BCUT2D eigenvalue weighted by Gasteiger charge is 2.07. The van der Waals surface area contributed by atoms with Gasteiger partial charge in [0.1, 0.15) is 0 Å². The van der Waals surface area contributed by atoms with E-state index in [2.05, 4.69) is 10.8 Å². The standard InChI is InChI=1S/C7H14O3S.FH/c1-3-5-7-11(8,9)10-6-4-2;/h4H,2-3,5-7H2,1H3;1H. The molecule has 0 N–H and O–H groups in total. The number of halogens is 1. The highest BCUT2D eigenvalue weighted by molar-refractivity contribution is 7.86. The highest BCUT2D eigenvalue weighted by Crippen LogP contribution is 1.98. The van der Waals surface area contributed by atoms with E-state index in [0.717, 1.165) is 6.42 Å². The topological polar surface area (TPSA) is 43.4 Å². The third-order valence-corrected chi connectivity index (χ3v) is 2.40. The van der Waals surface area contributed by atoms with Gasteiger partial charge in [-0.25, -0.2) is 0 Å². The zero-order valence-electron chi connectivity index (χ0n) is 7.15.